The van der Waals surface area contributed by atoms with Crippen LogP contribution in [-0.2, 0) is 10.0 Å². The summed E-state index contributed by atoms with van der Waals surface area (Å²) in [6.07, 6.45) is 0. The van der Waals surface area contributed by atoms with Crippen molar-refractivity contribution in [3.8, 4) is 0 Å². The number of halogens is 1. The maximum absolute atomic E-state index is 12.5. The van der Waals surface area contributed by atoms with Crippen molar-refractivity contribution in [3.63, 3.8) is 0 Å². The predicted octanol–water partition coefficient (Wildman–Crippen LogP) is 1.62. The van der Waals surface area contributed by atoms with Crippen LogP contribution in [0, 0.1) is 6.92 Å². The minimum Gasteiger partial charge on any atom is -0.398 e. The van der Waals surface area contributed by atoms with Crippen LogP contribution < -0.4 is 5.73 Å². The number of hydrogen-bond acceptors (Lipinski definition) is 4. The van der Waals surface area contributed by atoms with Gasteiger partial charge in [0.15, 0.2) is 0 Å². The molecule has 0 radical (unpaired) electrons. The topological polar surface area (TPSA) is 83.6 Å². The van der Waals surface area contributed by atoms with Gasteiger partial charge in [0.2, 0.25) is 10.0 Å². The smallest absolute Gasteiger partial charge is 0.243 e. The normalized spacial score (nSPS) is 12.4. The fraction of sp³-hybridized carbons (Fsp3) is 0.500. The lowest BCUT2D eigenvalue weighted by atomic mass is 10.2. The minimum atomic E-state index is -3.72. The van der Waals surface area contributed by atoms with Gasteiger partial charge in [0.05, 0.1) is 11.5 Å². The van der Waals surface area contributed by atoms with Crippen LogP contribution in [0.5, 0.6) is 0 Å². The number of nitrogen functional groups attached to an aromatic ring is 1. The number of hydrogen-bond donors (Lipinski definition) is 2. The Morgan fingerprint density at radius 2 is 2.00 bits per heavy atom. The van der Waals surface area contributed by atoms with Crippen LogP contribution in [0.25, 0.3) is 0 Å². The maximum Gasteiger partial charge on any atom is 0.243 e. The van der Waals surface area contributed by atoms with E-state index in [0.29, 0.717) is 16.3 Å². The standard InChI is InChI=1S/C12H19ClN2O3S/c1-8(2)15(4-5-16)19(17,18)10-6-11(13)9(3)12(14)7-10/h6-8,16H,4-5,14H2,1-3H3. The third-order valence-electron chi connectivity index (χ3n) is 2.86. The summed E-state index contributed by atoms with van der Waals surface area (Å²) in [7, 11) is -3.72. The second kappa shape index (κ2) is 6.09. The monoisotopic (exact) mass is 306 g/mol. The van der Waals surface area contributed by atoms with Crippen molar-refractivity contribution >= 4 is 27.3 Å². The SMILES string of the molecule is Cc1c(N)cc(S(=O)(=O)N(CCO)C(C)C)cc1Cl. The predicted molar refractivity (Wildman–Crippen MR) is 76.7 cm³/mol. The van der Waals surface area contributed by atoms with Crippen LogP contribution in [0.1, 0.15) is 19.4 Å². The highest BCUT2D eigenvalue weighted by Crippen LogP contribution is 2.28. The molecule has 1 aromatic carbocycles. The molecule has 19 heavy (non-hydrogen) atoms. The highest BCUT2D eigenvalue weighted by Gasteiger charge is 2.27. The van der Waals surface area contributed by atoms with Crippen molar-refractivity contribution in [2.24, 2.45) is 0 Å². The Labute approximate surface area is 119 Å². The number of sulfonamides is 1. The van der Waals surface area contributed by atoms with Crippen LogP contribution in [0.4, 0.5) is 5.69 Å². The van der Waals surface area contributed by atoms with Gasteiger partial charge in [-0.05, 0) is 38.5 Å². The Morgan fingerprint density at radius 3 is 2.42 bits per heavy atom. The molecule has 0 atom stereocenters. The Kier molecular flexibility index (Phi) is 5.20. The van der Waals surface area contributed by atoms with Crippen LogP contribution in [0.2, 0.25) is 5.02 Å². The summed E-state index contributed by atoms with van der Waals surface area (Å²) < 4.78 is 26.2. The van der Waals surface area contributed by atoms with E-state index in [1.807, 2.05) is 0 Å². The van der Waals surface area contributed by atoms with Crippen LogP contribution in [0.3, 0.4) is 0 Å². The lowest BCUT2D eigenvalue weighted by molar-refractivity contribution is 0.236. The average Bonchev–Trinajstić information content (AvgIpc) is 2.31. The van der Waals surface area contributed by atoms with Gasteiger partial charge in [-0.1, -0.05) is 11.6 Å². The Morgan fingerprint density at radius 1 is 1.42 bits per heavy atom. The van der Waals surface area contributed by atoms with E-state index in [9.17, 15) is 8.42 Å². The molecule has 7 heteroatoms. The fourth-order valence-corrected chi connectivity index (χ4v) is 3.69. The van der Waals surface area contributed by atoms with Gasteiger partial charge in [-0.15, -0.1) is 0 Å². The van der Waals surface area contributed by atoms with Gasteiger partial charge >= 0.3 is 0 Å². The second-order valence-corrected chi connectivity index (χ2v) is 6.85. The summed E-state index contributed by atoms with van der Waals surface area (Å²) in [5.74, 6) is 0. The molecule has 0 aliphatic rings. The van der Waals surface area contributed by atoms with Gasteiger partial charge in [0.1, 0.15) is 0 Å². The lowest BCUT2D eigenvalue weighted by Crippen LogP contribution is -2.39. The zero-order valence-electron chi connectivity index (χ0n) is 11.2. The van der Waals surface area contributed by atoms with Gasteiger partial charge in [0, 0.05) is 23.3 Å². The molecular weight excluding hydrogens is 288 g/mol. The van der Waals surface area contributed by atoms with E-state index in [1.54, 1.807) is 20.8 Å². The van der Waals surface area contributed by atoms with Gasteiger partial charge in [0.25, 0.3) is 0 Å². The average molecular weight is 307 g/mol. The summed E-state index contributed by atoms with van der Waals surface area (Å²) in [5.41, 5.74) is 6.74. The minimum absolute atomic E-state index is 0.0331. The number of aliphatic hydroxyl groups excluding tert-OH is 1. The molecule has 5 nitrogen and oxygen atoms in total. The molecule has 0 spiro atoms. The number of nitrogens with two attached hydrogens (primary N) is 1. The molecule has 108 valence electrons. The first-order valence-electron chi connectivity index (χ1n) is 5.90. The summed E-state index contributed by atoms with van der Waals surface area (Å²) in [4.78, 5) is 0.0442. The first kappa shape index (κ1) is 16.2. The van der Waals surface area contributed by atoms with Crippen molar-refractivity contribution in [2.45, 2.75) is 31.7 Å². The number of aliphatic hydroxyl groups is 1. The van der Waals surface area contributed by atoms with Crippen LogP contribution in [-0.4, -0.2) is 37.0 Å². The summed E-state index contributed by atoms with van der Waals surface area (Å²) >= 11 is 5.97. The third-order valence-corrected chi connectivity index (χ3v) is 5.31. The maximum atomic E-state index is 12.5. The Bertz CT molecular complexity index is 535. The molecule has 0 saturated carbocycles. The van der Waals surface area contributed by atoms with Crippen molar-refractivity contribution in [2.75, 3.05) is 18.9 Å². The molecule has 0 aromatic heterocycles. The number of nitrogens with zero attached hydrogens (tertiary/aromatic N) is 1. The lowest BCUT2D eigenvalue weighted by Gasteiger charge is -2.25. The molecule has 0 aliphatic carbocycles. The Balaban J connectivity index is 3.33. The summed E-state index contributed by atoms with van der Waals surface area (Å²) in [5, 5.41) is 9.30. The van der Waals surface area contributed by atoms with Crippen molar-refractivity contribution in [1.29, 1.82) is 0 Å². The van der Waals surface area contributed by atoms with E-state index >= 15 is 0 Å². The molecule has 0 bridgehead atoms. The molecule has 1 aromatic rings. The zero-order chi connectivity index (χ0) is 14.8. The van der Waals surface area contributed by atoms with E-state index in [1.165, 1.54) is 16.4 Å². The largest absolute Gasteiger partial charge is 0.398 e. The zero-order valence-corrected chi connectivity index (χ0v) is 12.8. The van der Waals surface area contributed by atoms with Crippen molar-refractivity contribution in [1.82, 2.24) is 4.31 Å². The first-order chi connectivity index (χ1) is 8.71. The molecule has 0 fully saturated rings. The van der Waals surface area contributed by atoms with E-state index in [-0.39, 0.29) is 24.1 Å². The number of anilines is 1. The molecular formula is C12H19ClN2O3S. The molecule has 0 aliphatic heterocycles. The summed E-state index contributed by atoms with van der Waals surface area (Å²) in [6, 6.07) is 2.51. The second-order valence-electron chi connectivity index (χ2n) is 4.55. The van der Waals surface area contributed by atoms with Crippen LogP contribution >= 0.6 is 11.6 Å². The van der Waals surface area contributed by atoms with Gasteiger partial charge in [-0.25, -0.2) is 8.42 Å². The number of benzene rings is 1. The van der Waals surface area contributed by atoms with Gasteiger partial charge in [-0.2, -0.15) is 4.31 Å². The summed E-state index contributed by atoms with van der Waals surface area (Å²) in [6.45, 7) is 5.00. The fourth-order valence-electron chi connectivity index (χ4n) is 1.71. The highest BCUT2D eigenvalue weighted by atomic mass is 35.5. The molecule has 0 amide bonds. The molecule has 1 rings (SSSR count). The molecule has 3 N–H and O–H groups in total. The van der Waals surface area contributed by atoms with E-state index < -0.39 is 10.0 Å². The van der Waals surface area contributed by atoms with Crippen molar-refractivity contribution in [3.05, 3.63) is 22.7 Å². The van der Waals surface area contributed by atoms with E-state index in [2.05, 4.69) is 0 Å². The first-order valence-corrected chi connectivity index (χ1v) is 7.72. The van der Waals surface area contributed by atoms with Crippen molar-refractivity contribution < 1.29 is 13.5 Å². The van der Waals surface area contributed by atoms with E-state index in [0.717, 1.165) is 0 Å². The van der Waals surface area contributed by atoms with Gasteiger partial charge < -0.3 is 10.8 Å². The number of rotatable bonds is 5. The quantitative estimate of drug-likeness (QED) is 0.810. The van der Waals surface area contributed by atoms with Crippen LogP contribution in [0.15, 0.2) is 17.0 Å². The highest BCUT2D eigenvalue weighted by molar-refractivity contribution is 7.89. The van der Waals surface area contributed by atoms with E-state index in [4.69, 9.17) is 22.4 Å². The van der Waals surface area contributed by atoms with Gasteiger partial charge in [-0.3, -0.25) is 0 Å². The molecule has 0 unspecified atom stereocenters. The Hall–Kier alpha value is -0.820. The third kappa shape index (κ3) is 3.39. The molecule has 0 heterocycles. The molecule has 0 saturated heterocycles.